The highest BCUT2D eigenvalue weighted by molar-refractivity contribution is 6.39. The van der Waals surface area contributed by atoms with Crippen molar-refractivity contribution in [1.29, 1.82) is 0 Å². The van der Waals surface area contributed by atoms with Crippen LogP contribution in [0.25, 0.3) is 10.9 Å². The van der Waals surface area contributed by atoms with Gasteiger partial charge in [0.2, 0.25) is 0 Å². The summed E-state index contributed by atoms with van der Waals surface area (Å²) in [7, 11) is 0. The molecular weight excluding hydrogens is 335 g/mol. The quantitative estimate of drug-likeness (QED) is 0.879. The summed E-state index contributed by atoms with van der Waals surface area (Å²) in [5.41, 5.74) is 1.40. The van der Waals surface area contributed by atoms with E-state index in [9.17, 15) is 4.79 Å². The number of fused-ring (bicyclic) bond motifs is 1. The third-order valence-corrected chi connectivity index (χ3v) is 4.64. The molecule has 1 aromatic carbocycles. The fourth-order valence-corrected chi connectivity index (χ4v) is 3.15. The van der Waals surface area contributed by atoms with Gasteiger partial charge in [0.1, 0.15) is 5.52 Å². The summed E-state index contributed by atoms with van der Waals surface area (Å²) >= 11 is 12.4. The molecule has 1 aliphatic rings. The van der Waals surface area contributed by atoms with Gasteiger partial charge in [0.25, 0.3) is 5.91 Å². The molecule has 1 fully saturated rings. The zero-order chi connectivity index (χ0) is 16.6. The van der Waals surface area contributed by atoms with Gasteiger partial charge in [-0.25, -0.2) is 4.98 Å². The van der Waals surface area contributed by atoms with Crippen molar-refractivity contribution in [2.75, 3.05) is 6.61 Å². The first-order valence-corrected chi connectivity index (χ1v) is 8.39. The summed E-state index contributed by atoms with van der Waals surface area (Å²) in [4.78, 5) is 16.5. The number of carbonyl (C=O) groups is 1. The Bertz CT molecular complexity index is 760. The molecule has 1 aliphatic carbocycles. The molecule has 0 aliphatic heterocycles. The Morgan fingerprint density at radius 3 is 2.83 bits per heavy atom. The summed E-state index contributed by atoms with van der Waals surface area (Å²) < 4.78 is 5.66. The molecule has 4 nitrogen and oxygen atoms in total. The minimum Gasteiger partial charge on any atom is -0.480 e. The molecule has 0 bridgehead atoms. The molecule has 0 radical (unpaired) electrons. The SMILES string of the molecule is Cc1ccc2c(Cl)cc(Cl)c(OCC(=O)NC(C)C3CC3)c2n1. The highest BCUT2D eigenvalue weighted by atomic mass is 35.5. The zero-order valence-electron chi connectivity index (χ0n) is 13.0. The molecule has 0 saturated heterocycles. The molecule has 0 spiro atoms. The van der Waals surface area contributed by atoms with Crippen LogP contribution in [0.1, 0.15) is 25.5 Å². The monoisotopic (exact) mass is 352 g/mol. The average Bonchev–Trinajstić information content (AvgIpc) is 3.31. The number of rotatable bonds is 5. The summed E-state index contributed by atoms with van der Waals surface area (Å²) in [5, 5.41) is 4.56. The topological polar surface area (TPSA) is 51.2 Å². The fourth-order valence-electron chi connectivity index (χ4n) is 2.57. The van der Waals surface area contributed by atoms with E-state index in [1.807, 2.05) is 26.0 Å². The zero-order valence-corrected chi connectivity index (χ0v) is 14.5. The number of ether oxygens (including phenoxy) is 1. The molecule has 23 heavy (non-hydrogen) atoms. The number of hydrogen-bond donors (Lipinski definition) is 1. The van der Waals surface area contributed by atoms with Gasteiger partial charge in [-0.05, 0) is 50.8 Å². The van der Waals surface area contributed by atoms with E-state index in [0.29, 0.717) is 27.2 Å². The summed E-state index contributed by atoms with van der Waals surface area (Å²) in [5.74, 6) is 0.837. The minimum absolute atomic E-state index is 0.0941. The van der Waals surface area contributed by atoms with Crippen LogP contribution in [0.15, 0.2) is 18.2 Å². The van der Waals surface area contributed by atoms with E-state index < -0.39 is 0 Å². The van der Waals surface area contributed by atoms with E-state index in [-0.39, 0.29) is 18.6 Å². The molecular formula is C17H18Cl2N2O2. The summed E-state index contributed by atoms with van der Waals surface area (Å²) in [6.07, 6.45) is 2.36. The number of nitrogens with one attached hydrogen (secondary N) is 1. The third-order valence-electron chi connectivity index (χ3n) is 4.04. The Balaban J connectivity index is 1.79. The van der Waals surface area contributed by atoms with Gasteiger partial charge in [0, 0.05) is 17.1 Å². The summed E-state index contributed by atoms with van der Waals surface area (Å²) in [6, 6.07) is 5.54. The molecule has 122 valence electrons. The van der Waals surface area contributed by atoms with Crippen LogP contribution >= 0.6 is 23.2 Å². The number of aryl methyl sites for hydroxylation is 1. The molecule has 3 rings (SSSR count). The van der Waals surface area contributed by atoms with Gasteiger partial charge in [-0.2, -0.15) is 0 Å². The second-order valence-electron chi connectivity index (χ2n) is 6.00. The van der Waals surface area contributed by atoms with Gasteiger partial charge < -0.3 is 10.1 Å². The van der Waals surface area contributed by atoms with Crippen molar-refractivity contribution < 1.29 is 9.53 Å². The standard InChI is InChI=1S/C17H18Cl2N2O2/c1-9-3-6-12-13(18)7-14(19)17(16(12)20-9)23-8-15(22)21-10(2)11-4-5-11/h3,6-7,10-11H,4-5,8H2,1-2H3,(H,21,22). The Morgan fingerprint density at radius 2 is 2.13 bits per heavy atom. The lowest BCUT2D eigenvalue weighted by atomic mass is 10.2. The molecule has 1 aromatic heterocycles. The largest absolute Gasteiger partial charge is 0.480 e. The Hall–Kier alpha value is -1.52. The normalized spacial score (nSPS) is 15.5. The predicted octanol–water partition coefficient (Wildman–Crippen LogP) is 4.14. The summed E-state index contributed by atoms with van der Waals surface area (Å²) in [6.45, 7) is 3.80. The maximum absolute atomic E-state index is 12.0. The highest BCUT2D eigenvalue weighted by Gasteiger charge is 2.29. The third kappa shape index (κ3) is 3.70. The molecule has 1 unspecified atom stereocenters. The number of pyridine rings is 1. The number of hydrogen-bond acceptors (Lipinski definition) is 3. The van der Waals surface area contributed by atoms with Crippen LogP contribution in [0.5, 0.6) is 5.75 Å². The Kier molecular flexibility index (Phi) is 4.64. The van der Waals surface area contributed by atoms with Crippen LogP contribution in [0.2, 0.25) is 10.0 Å². The number of aromatic nitrogens is 1. The smallest absolute Gasteiger partial charge is 0.258 e. The van der Waals surface area contributed by atoms with E-state index in [1.54, 1.807) is 6.07 Å². The lowest BCUT2D eigenvalue weighted by molar-refractivity contribution is -0.123. The first-order chi connectivity index (χ1) is 11.0. The number of amides is 1. The van der Waals surface area contributed by atoms with Crippen LogP contribution in [-0.4, -0.2) is 23.5 Å². The van der Waals surface area contributed by atoms with Crippen LogP contribution < -0.4 is 10.1 Å². The van der Waals surface area contributed by atoms with Crippen LogP contribution in [0, 0.1) is 12.8 Å². The Morgan fingerprint density at radius 1 is 1.39 bits per heavy atom. The molecule has 1 amide bonds. The maximum atomic E-state index is 12.0. The van der Waals surface area contributed by atoms with E-state index in [1.165, 1.54) is 12.8 Å². The molecule has 2 aromatic rings. The molecule has 1 atom stereocenters. The second-order valence-corrected chi connectivity index (χ2v) is 6.81. The minimum atomic E-state index is -0.156. The molecule has 6 heteroatoms. The molecule has 1 saturated carbocycles. The van der Waals surface area contributed by atoms with E-state index in [2.05, 4.69) is 10.3 Å². The van der Waals surface area contributed by atoms with Crippen LogP contribution in [-0.2, 0) is 4.79 Å². The van der Waals surface area contributed by atoms with Gasteiger partial charge in [-0.3, -0.25) is 4.79 Å². The van der Waals surface area contributed by atoms with Crippen LogP contribution in [0.4, 0.5) is 0 Å². The second kappa shape index (κ2) is 6.54. The van der Waals surface area contributed by atoms with Crippen molar-refractivity contribution in [2.45, 2.75) is 32.7 Å². The number of benzene rings is 1. The number of halogens is 2. The van der Waals surface area contributed by atoms with Gasteiger partial charge in [-0.15, -0.1) is 0 Å². The van der Waals surface area contributed by atoms with Crippen molar-refractivity contribution in [3.8, 4) is 5.75 Å². The first kappa shape index (κ1) is 16.3. The van der Waals surface area contributed by atoms with Crippen molar-refractivity contribution >= 4 is 40.0 Å². The lowest BCUT2D eigenvalue weighted by Gasteiger charge is -2.15. The van der Waals surface area contributed by atoms with Gasteiger partial charge >= 0.3 is 0 Å². The van der Waals surface area contributed by atoms with Crippen molar-refractivity contribution in [1.82, 2.24) is 10.3 Å². The van der Waals surface area contributed by atoms with E-state index in [0.717, 1.165) is 11.1 Å². The van der Waals surface area contributed by atoms with Crippen molar-refractivity contribution in [2.24, 2.45) is 5.92 Å². The molecule has 1 heterocycles. The van der Waals surface area contributed by atoms with Gasteiger partial charge in [-0.1, -0.05) is 23.2 Å². The Labute approximate surface area is 145 Å². The van der Waals surface area contributed by atoms with E-state index in [4.69, 9.17) is 27.9 Å². The van der Waals surface area contributed by atoms with Crippen molar-refractivity contribution in [3.63, 3.8) is 0 Å². The predicted molar refractivity (Wildman–Crippen MR) is 92.3 cm³/mol. The van der Waals surface area contributed by atoms with Gasteiger partial charge in [0.15, 0.2) is 12.4 Å². The van der Waals surface area contributed by atoms with Gasteiger partial charge in [0.05, 0.1) is 10.0 Å². The van der Waals surface area contributed by atoms with Crippen molar-refractivity contribution in [3.05, 3.63) is 33.9 Å². The maximum Gasteiger partial charge on any atom is 0.258 e. The molecule has 1 N–H and O–H groups in total. The number of nitrogens with zero attached hydrogens (tertiary/aromatic N) is 1. The average molecular weight is 353 g/mol. The first-order valence-electron chi connectivity index (χ1n) is 7.63. The fraction of sp³-hybridized carbons (Fsp3) is 0.412. The lowest BCUT2D eigenvalue weighted by Crippen LogP contribution is -2.37. The van der Waals surface area contributed by atoms with E-state index >= 15 is 0 Å². The number of carbonyl (C=O) groups excluding carboxylic acids is 1. The van der Waals surface area contributed by atoms with Crippen LogP contribution in [0.3, 0.4) is 0 Å². The highest BCUT2D eigenvalue weighted by Crippen LogP contribution is 2.37.